The normalized spacial score (nSPS) is 20.0. The van der Waals surface area contributed by atoms with E-state index in [0.29, 0.717) is 25.6 Å². The Bertz CT molecular complexity index is 582. The van der Waals surface area contributed by atoms with Crippen molar-refractivity contribution in [3.63, 3.8) is 0 Å². The van der Waals surface area contributed by atoms with Crippen LogP contribution in [0.25, 0.3) is 0 Å². The summed E-state index contributed by atoms with van der Waals surface area (Å²) in [6.45, 7) is 4.27. The van der Waals surface area contributed by atoms with E-state index in [1.54, 1.807) is 0 Å². The van der Waals surface area contributed by atoms with Crippen molar-refractivity contribution < 1.29 is 9.59 Å². The zero-order valence-electron chi connectivity index (χ0n) is 14.1. The number of rotatable bonds is 3. The van der Waals surface area contributed by atoms with Crippen LogP contribution < -0.4 is 5.73 Å². The summed E-state index contributed by atoms with van der Waals surface area (Å²) in [4.78, 5) is 28.3. The molecule has 0 spiro atoms. The van der Waals surface area contributed by atoms with Gasteiger partial charge < -0.3 is 15.5 Å². The van der Waals surface area contributed by atoms with E-state index in [0.717, 1.165) is 36.9 Å². The SMILES string of the molecule is Cc1ccc(C(N)C(=O)N2CCC(N3CCCC3=O)CC2)cc1.Cl. The van der Waals surface area contributed by atoms with Crippen molar-refractivity contribution >= 4 is 24.2 Å². The van der Waals surface area contributed by atoms with Crippen molar-refractivity contribution in [2.75, 3.05) is 19.6 Å². The summed E-state index contributed by atoms with van der Waals surface area (Å²) >= 11 is 0. The minimum Gasteiger partial charge on any atom is -0.341 e. The van der Waals surface area contributed by atoms with Crippen LogP contribution in [0.5, 0.6) is 0 Å². The van der Waals surface area contributed by atoms with Gasteiger partial charge in [0.15, 0.2) is 0 Å². The van der Waals surface area contributed by atoms with E-state index in [2.05, 4.69) is 0 Å². The number of carbonyl (C=O) groups excluding carboxylic acids is 2. The number of hydrogen-bond acceptors (Lipinski definition) is 3. The minimum absolute atomic E-state index is 0. The first-order valence-corrected chi connectivity index (χ1v) is 8.46. The molecular formula is C18H26ClN3O2. The third kappa shape index (κ3) is 3.90. The molecule has 2 fully saturated rings. The smallest absolute Gasteiger partial charge is 0.244 e. The molecule has 1 atom stereocenters. The summed E-state index contributed by atoms with van der Waals surface area (Å²) in [6, 6.07) is 7.51. The quantitative estimate of drug-likeness (QED) is 0.906. The molecule has 2 amide bonds. The van der Waals surface area contributed by atoms with Gasteiger partial charge in [-0.25, -0.2) is 0 Å². The number of piperidine rings is 1. The van der Waals surface area contributed by atoms with Crippen LogP contribution in [0.3, 0.4) is 0 Å². The fourth-order valence-electron chi connectivity index (χ4n) is 3.57. The van der Waals surface area contributed by atoms with E-state index < -0.39 is 6.04 Å². The number of aryl methyl sites for hydroxylation is 1. The predicted octanol–water partition coefficient (Wildman–Crippen LogP) is 2.03. The van der Waals surface area contributed by atoms with Crippen LogP contribution in [0.2, 0.25) is 0 Å². The summed E-state index contributed by atoms with van der Waals surface area (Å²) in [7, 11) is 0. The molecule has 1 aromatic carbocycles. The van der Waals surface area contributed by atoms with Crippen LogP contribution in [0.15, 0.2) is 24.3 Å². The monoisotopic (exact) mass is 351 g/mol. The molecule has 0 aromatic heterocycles. The van der Waals surface area contributed by atoms with Gasteiger partial charge in [0.05, 0.1) is 0 Å². The van der Waals surface area contributed by atoms with Crippen molar-refractivity contribution in [3.05, 3.63) is 35.4 Å². The summed E-state index contributed by atoms with van der Waals surface area (Å²) in [5.41, 5.74) is 8.16. The molecule has 2 heterocycles. The second kappa shape index (κ2) is 7.99. The largest absolute Gasteiger partial charge is 0.341 e. The Morgan fingerprint density at radius 3 is 2.33 bits per heavy atom. The van der Waals surface area contributed by atoms with Crippen LogP contribution >= 0.6 is 12.4 Å². The van der Waals surface area contributed by atoms with Crippen LogP contribution in [-0.2, 0) is 9.59 Å². The average Bonchev–Trinajstić information content (AvgIpc) is 3.00. The van der Waals surface area contributed by atoms with Crippen molar-refractivity contribution in [3.8, 4) is 0 Å². The molecule has 5 nitrogen and oxygen atoms in total. The van der Waals surface area contributed by atoms with Gasteiger partial charge in [-0.2, -0.15) is 0 Å². The van der Waals surface area contributed by atoms with Gasteiger partial charge in [-0.3, -0.25) is 9.59 Å². The lowest BCUT2D eigenvalue weighted by Gasteiger charge is -2.37. The van der Waals surface area contributed by atoms with Crippen LogP contribution in [0.1, 0.15) is 42.9 Å². The van der Waals surface area contributed by atoms with Gasteiger partial charge in [0.25, 0.3) is 0 Å². The second-order valence-electron chi connectivity index (χ2n) is 6.64. The highest BCUT2D eigenvalue weighted by molar-refractivity contribution is 5.85. The van der Waals surface area contributed by atoms with Gasteiger partial charge in [-0.1, -0.05) is 29.8 Å². The number of nitrogens with two attached hydrogens (primary N) is 1. The Morgan fingerprint density at radius 2 is 1.79 bits per heavy atom. The molecule has 2 saturated heterocycles. The minimum atomic E-state index is -0.597. The van der Waals surface area contributed by atoms with Crippen molar-refractivity contribution in [1.82, 2.24) is 9.80 Å². The first kappa shape index (κ1) is 18.7. The van der Waals surface area contributed by atoms with Gasteiger partial charge in [0, 0.05) is 32.1 Å². The van der Waals surface area contributed by atoms with Crippen LogP contribution in [-0.4, -0.2) is 47.3 Å². The highest BCUT2D eigenvalue weighted by atomic mass is 35.5. The van der Waals surface area contributed by atoms with Gasteiger partial charge in [0.2, 0.25) is 11.8 Å². The second-order valence-corrected chi connectivity index (χ2v) is 6.64. The van der Waals surface area contributed by atoms with Gasteiger partial charge >= 0.3 is 0 Å². The maximum Gasteiger partial charge on any atom is 0.244 e. The Balaban J connectivity index is 0.00000208. The molecule has 132 valence electrons. The Hall–Kier alpha value is -1.59. The highest BCUT2D eigenvalue weighted by Gasteiger charge is 2.33. The molecule has 0 radical (unpaired) electrons. The molecule has 0 aliphatic carbocycles. The zero-order chi connectivity index (χ0) is 16.4. The topological polar surface area (TPSA) is 66.6 Å². The lowest BCUT2D eigenvalue weighted by molar-refractivity contribution is -0.135. The summed E-state index contributed by atoms with van der Waals surface area (Å²) < 4.78 is 0. The number of halogens is 1. The third-order valence-corrected chi connectivity index (χ3v) is 5.03. The molecule has 1 unspecified atom stereocenters. The predicted molar refractivity (Wildman–Crippen MR) is 95.9 cm³/mol. The number of likely N-dealkylation sites (tertiary alicyclic amines) is 2. The van der Waals surface area contributed by atoms with Crippen LogP contribution in [0, 0.1) is 6.92 Å². The summed E-state index contributed by atoms with van der Waals surface area (Å²) in [5, 5.41) is 0. The van der Waals surface area contributed by atoms with E-state index in [1.807, 2.05) is 41.0 Å². The maximum absolute atomic E-state index is 12.6. The highest BCUT2D eigenvalue weighted by Crippen LogP contribution is 2.24. The van der Waals surface area contributed by atoms with Crippen molar-refractivity contribution in [2.24, 2.45) is 5.73 Å². The van der Waals surface area contributed by atoms with Crippen molar-refractivity contribution in [2.45, 2.75) is 44.7 Å². The van der Waals surface area contributed by atoms with Gasteiger partial charge in [-0.15, -0.1) is 12.4 Å². The Kier molecular flexibility index (Phi) is 6.24. The molecule has 2 aliphatic heterocycles. The van der Waals surface area contributed by atoms with E-state index in [-0.39, 0.29) is 24.2 Å². The number of benzene rings is 1. The number of carbonyl (C=O) groups is 2. The fraction of sp³-hybridized carbons (Fsp3) is 0.556. The standard InChI is InChI=1S/C18H25N3O2.ClH/c1-13-4-6-14(7-5-13)17(19)18(23)20-11-8-15(9-12-20)21-10-2-3-16(21)22;/h4-7,15,17H,2-3,8-12,19H2,1H3;1H. The number of hydrogen-bond donors (Lipinski definition) is 1. The molecule has 3 rings (SSSR count). The molecule has 6 heteroatoms. The molecule has 0 saturated carbocycles. The molecule has 24 heavy (non-hydrogen) atoms. The Morgan fingerprint density at radius 1 is 1.17 bits per heavy atom. The van der Waals surface area contributed by atoms with Crippen molar-refractivity contribution in [1.29, 1.82) is 0 Å². The number of amides is 2. The summed E-state index contributed by atoms with van der Waals surface area (Å²) in [5.74, 6) is 0.256. The van der Waals surface area contributed by atoms with E-state index in [1.165, 1.54) is 0 Å². The van der Waals surface area contributed by atoms with E-state index >= 15 is 0 Å². The maximum atomic E-state index is 12.6. The first-order valence-electron chi connectivity index (χ1n) is 8.46. The van der Waals surface area contributed by atoms with Crippen LogP contribution in [0.4, 0.5) is 0 Å². The zero-order valence-corrected chi connectivity index (χ0v) is 14.9. The molecule has 2 N–H and O–H groups in total. The molecule has 1 aromatic rings. The fourth-order valence-corrected chi connectivity index (χ4v) is 3.57. The van der Waals surface area contributed by atoms with Gasteiger partial charge in [-0.05, 0) is 31.7 Å². The van der Waals surface area contributed by atoms with Gasteiger partial charge in [0.1, 0.15) is 6.04 Å². The van der Waals surface area contributed by atoms with E-state index in [4.69, 9.17) is 5.73 Å². The van der Waals surface area contributed by atoms with E-state index in [9.17, 15) is 9.59 Å². The average molecular weight is 352 g/mol. The first-order chi connectivity index (χ1) is 11.1. The third-order valence-electron chi connectivity index (χ3n) is 5.03. The molecular weight excluding hydrogens is 326 g/mol. The Labute approximate surface area is 149 Å². The lowest BCUT2D eigenvalue weighted by Crippen LogP contribution is -2.49. The number of nitrogens with zero attached hydrogens (tertiary/aromatic N) is 2. The summed E-state index contributed by atoms with van der Waals surface area (Å²) in [6.07, 6.45) is 3.36. The lowest BCUT2D eigenvalue weighted by atomic mass is 10.0. The molecule has 2 aliphatic rings. The molecule has 0 bridgehead atoms.